The van der Waals surface area contributed by atoms with Crippen molar-refractivity contribution >= 4 is 46.3 Å². The third-order valence-corrected chi connectivity index (χ3v) is 5.58. The highest BCUT2D eigenvalue weighted by molar-refractivity contribution is 7.99. The highest BCUT2D eigenvalue weighted by atomic mass is 35.5. The van der Waals surface area contributed by atoms with E-state index < -0.39 is 0 Å². The molecule has 2 heterocycles. The van der Waals surface area contributed by atoms with E-state index in [1.807, 2.05) is 6.07 Å². The summed E-state index contributed by atoms with van der Waals surface area (Å²) in [5, 5.41) is 14.8. The molecule has 0 aliphatic carbocycles. The number of amides is 1. The number of thioether (sulfide) groups is 1. The van der Waals surface area contributed by atoms with Gasteiger partial charge >= 0.3 is 0 Å². The van der Waals surface area contributed by atoms with E-state index in [9.17, 15) is 4.79 Å². The zero-order chi connectivity index (χ0) is 17.6. The van der Waals surface area contributed by atoms with Gasteiger partial charge in [-0.25, -0.2) is 0 Å². The summed E-state index contributed by atoms with van der Waals surface area (Å²) in [6.07, 6.45) is 0.760. The van der Waals surface area contributed by atoms with Crippen LogP contribution in [0.5, 0.6) is 0 Å². The Balaban J connectivity index is 1.59. The lowest BCUT2D eigenvalue weighted by Crippen LogP contribution is -2.14. The first-order chi connectivity index (χ1) is 12.2. The zero-order valence-electron chi connectivity index (χ0n) is 13.6. The van der Waals surface area contributed by atoms with Crippen LogP contribution in [0.15, 0.2) is 46.9 Å². The third-order valence-electron chi connectivity index (χ3n) is 3.48. The maximum atomic E-state index is 12.1. The minimum atomic E-state index is -0.0854. The molecule has 130 valence electrons. The zero-order valence-corrected chi connectivity index (χ0v) is 16.0. The first-order valence-electron chi connectivity index (χ1n) is 7.78. The molecule has 3 rings (SSSR count). The number of carbonyl (C=O) groups is 1. The highest BCUT2D eigenvalue weighted by Crippen LogP contribution is 2.21. The van der Waals surface area contributed by atoms with E-state index in [4.69, 9.17) is 11.6 Å². The molecule has 8 heteroatoms. The first kappa shape index (κ1) is 18.0. The number of rotatable bonds is 7. The van der Waals surface area contributed by atoms with Gasteiger partial charge in [-0.2, -0.15) is 0 Å². The van der Waals surface area contributed by atoms with Crippen LogP contribution in [-0.4, -0.2) is 26.4 Å². The van der Waals surface area contributed by atoms with E-state index in [1.54, 1.807) is 35.6 Å². The molecule has 0 spiro atoms. The third kappa shape index (κ3) is 4.84. The Labute approximate surface area is 159 Å². The van der Waals surface area contributed by atoms with Gasteiger partial charge in [-0.1, -0.05) is 29.4 Å². The summed E-state index contributed by atoms with van der Waals surface area (Å²) in [7, 11) is 0. The molecule has 5 nitrogen and oxygen atoms in total. The predicted octanol–water partition coefficient (Wildman–Crippen LogP) is 4.33. The number of nitrogens with zero attached hydrogens (tertiary/aromatic N) is 3. The van der Waals surface area contributed by atoms with Crippen molar-refractivity contribution in [1.82, 2.24) is 14.8 Å². The van der Waals surface area contributed by atoms with Gasteiger partial charge in [0.2, 0.25) is 5.91 Å². The fraction of sp³-hybridized carbons (Fsp3) is 0.235. The molecule has 1 N–H and O–H groups in total. The molecule has 1 aromatic carbocycles. The van der Waals surface area contributed by atoms with Gasteiger partial charge < -0.3 is 9.88 Å². The molecule has 25 heavy (non-hydrogen) atoms. The van der Waals surface area contributed by atoms with Crippen LogP contribution < -0.4 is 5.32 Å². The van der Waals surface area contributed by atoms with E-state index in [0.717, 1.165) is 29.6 Å². The second-order valence-electron chi connectivity index (χ2n) is 5.24. The number of hydrogen-bond donors (Lipinski definition) is 1. The molecule has 0 unspecified atom stereocenters. The fourth-order valence-electron chi connectivity index (χ4n) is 2.30. The topological polar surface area (TPSA) is 59.8 Å². The van der Waals surface area contributed by atoms with E-state index in [1.165, 1.54) is 16.6 Å². The number of anilines is 1. The molecule has 0 radical (unpaired) electrons. The van der Waals surface area contributed by atoms with Crippen LogP contribution in [0, 0.1) is 0 Å². The second kappa shape index (κ2) is 8.51. The molecule has 0 bridgehead atoms. The van der Waals surface area contributed by atoms with Gasteiger partial charge in [0, 0.05) is 28.6 Å². The minimum Gasteiger partial charge on any atom is -0.325 e. The number of thiophene rings is 1. The average molecular weight is 393 g/mol. The van der Waals surface area contributed by atoms with Crippen molar-refractivity contribution in [3.05, 3.63) is 57.5 Å². The maximum Gasteiger partial charge on any atom is 0.234 e. The Bertz CT molecular complexity index is 831. The number of benzene rings is 1. The van der Waals surface area contributed by atoms with Crippen LogP contribution in [0.25, 0.3) is 0 Å². The van der Waals surface area contributed by atoms with E-state index in [0.29, 0.717) is 5.02 Å². The molecule has 3 aromatic rings. The van der Waals surface area contributed by atoms with Crippen LogP contribution in [0.1, 0.15) is 17.6 Å². The van der Waals surface area contributed by atoms with Crippen molar-refractivity contribution in [2.24, 2.45) is 0 Å². The van der Waals surface area contributed by atoms with E-state index in [-0.39, 0.29) is 11.7 Å². The van der Waals surface area contributed by atoms with Gasteiger partial charge in [-0.3, -0.25) is 4.79 Å². The monoisotopic (exact) mass is 392 g/mol. The Morgan fingerprint density at radius 1 is 1.28 bits per heavy atom. The smallest absolute Gasteiger partial charge is 0.234 e. The van der Waals surface area contributed by atoms with Crippen molar-refractivity contribution in [1.29, 1.82) is 0 Å². The standard InChI is InChI=1S/C17H17ClN4OS2/c1-2-22-15(10-14-4-3-9-24-14)20-21-17(22)25-11-16(23)19-13-7-5-12(18)6-8-13/h3-9H,2,10-11H2,1H3,(H,19,23). The lowest BCUT2D eigenvalue weighted by molar-refractivity contribution is -0.113. The summed E-state index contributed by atoms with van der Waals surface area (Å²) >= 11 is 8.94. The fourth-order valence-corrected chi connectivity index (χ4v) is 3.95. The molecule has 2 aromatic heterocycles. The number of carbonyl (C=O) groups excluding carboxylic acids is 1. The van der Waals surface area contributed by atoms with Gasteiger partial charge in [0.1, 0.15) is 5.82 Å². The average Bonchev–Trinajstić information content (AvgIpc) is 3.25. The van der Waals surface area contributed by atoms with Crippen molar-refractivity contribution < 1.29 is 4.79 Å². The molecule has 0 aliphatic rings. The van der Waals surface area contributed by atoms with E-state index in [2.05, 4.69) is 38.5 Å². The molecular formula is C17H17ClN4OS2. The molecule has 0 saturated carbocycles. The quantitative estimate of drug-likeness (QED) is 0.608. The van der Waals surface area contributed by atoms with Crippen LogP contribution in [0.3, 0.4) is 0 Å². The Morgan fingerprint density at radius 3 is 2.76 bits per heavy atom. The van der Waals surface area contributed by atoms with E-state index >= 15 is 0 Å². The molecule has 0 atom stereocenters. The largest absolute Gasteiger partial charge is 0.325 e. The van der Waals surface area contributed by atoms with Crippen LogP contribution >= 0.6 is 34.7 Å². The van der Waals surface area contributed by atoms with Crippen LogP contribution in [0.2, 0.25) is 5.02 Å². The molecule has 0 fully saturated rings. The van der Waals surface area contributed by atoms with Gasteiger partial charge in [-0.05, 0) is 42.6 Å². The predicted molar refractivity (Wildman–Crippen MR) is 104 cm³/mol. The number of hydrogen-bond acceptors (Lipinski definition) is 5. The molecule has 1 amide bonds. The summed E-state index contributed by atoms with van der Waals surface area (Å²) in [4.78, 5) is 13.4. The summed E-state index contributed by atoms with van der Waals surface area (Å²) < 4.78 is 2.06. The van der Waals surface area contributed by atoms with Crippen molar-refractivity contribution in [3.63, 3.8) is 0 Å². The lowest BCUT2D eigenvalue weighted by Gasteiger charge is -2.07. The van der Waals surface area contributed by atoms with Crippen molar-refractivity contribution in [3.8, 4) is 0 Å². The molecular weight excluding hydrogens is 376 g/mol. The lowest BCUT2D eigenvalue weighted by atomic mass is 10.3. The second-order valence-corrected chi connectivity index (χ2v) is 7.65. The summed E-state index contributed by atoms with van der Waals surface area (Å²) in [5.74, 6) is 1.11. The molecule has 0 aliphatic heterocycles. The summed E-state index contributed by atoms with van der Waals surface area (Å²) in [6, 6.07) is 11.2. The maximum absolute atomic E-state index is 12.1. The van der Waals surface area contributed by atoms with Crippen molar-refractivity contribution in [2.75, 3.05) is 11.1 Å². The highest BCUT2D eigenvalue weighted by Gasteiger charge is 2.14. The number of halogens is 1. The Kier molecular flexibility index (Phi) is 6.12. The van der Waals surface area contributed by atoms with Crippen molar-refractivity contribution in [2.45, 2.75) is 25.0 Å². The minimum absolute atomic E-state index is 0.0854. The number of nitrogens with one attached hydrogen (secondary N) is 1. The van der Waals surface area contributed by atoms with Gasteiger partial charge in [0.15, 0.2) is 5.16 Å². The van der Waals surface area contributed by atoms with Gasteiger partial charge in [-0.15, -0.1) is 21.5 Å². The SMILES string of the molecule is CCn1c(Cc2cccs2)nnc1SCC(=O)Nc1ccc(Cl)cc1. The Morgan fingerprint density at radius 2 is 2.08 bits per heavy atom. The van der Waals surface area contributed by atoms with Crippen LogP contribution in [0.4, 0.5) is 5.69 Å². The van der Waals surface area contributed by atoms with Crippen LogP contribution in [-0.2, 0) is 17.8 Å². The number of aromatic nitrogens is 3. The molecule has 0 saturated heterocycles. The van der Waals surface area contributed by atoms with Gasteiger partial charge in [0.05, 0.1) is 5.75 Å². The normalized spacial score (nSPS) is 10.8. The summed E-state index contributed by atoms with van der Waals surface area (Å²) in [5.41, 5.74) is 0.727. The Hall–Kier alpha value is -1.83. The summed E-state index contributed by atoms with van der Waals surface area (Å²) in [6.45, 7) is 2.83. The van der Waals surface area contributed by atoms with Gasteiger partial charge in [0.25, 0.3) is 0 Å². The first-order valence-corrected chi connectivity index (χ1v) is 10.0.